The van der Waals surface area contributed by atoms with Crippen molar-refractivity contribution in [2.24, 2.45) is 11.3 Å². The van der Waals surface area contributed by atoms with Crippen LogP contribution in [0.3, 0.4) is 0 Å². The van der Waals surface area contributed by atoms with E-state index in [1.54, 1.807) is 37.3 Å². The van der Waals surface area contributed by atoms with Crippen molar-refractivity contribution in [3.05, 3.63) is 99.7 Å². The Labute approximate surface area is 285 Å². The zero-order valence-electron chi connectivity index (χ0n) is 28.2. The van der Waals surface area contributed by atoms with Gasteiger partial charge in [0.05, 0.1) is 6.04 Å². The Kier molecular flexibility index (Phi) is 10.6. The van der Waals surface area contributed by atoms with Gasteiger partial charge in [-0.25, -0.2) is 8.78 Å². The van der Waals surface area contributed by atoms with Gasteiger partial charge in [-0.2, -0.15) is 13.2 Å². The van der Waals surface area contributed by atoms with Gasteiger partial charge in [0.15, 0.2) is 0 Å². The van der Waals surface area contributed by atoms with Gasteiger partial charge in [0.1, 0.15) is 23.2 Å². The maximum Gasteiger partial charge on any atom is 0.404 e. The van der Waals surface area contributed by atoms with E-state index in [1.165, 1.54) is 29.0 Å². The number of aryl methyl sites for hydroxylation is 1. The summed E-state index contributed by atoms with van der Waals surface area (Å²) in [6.45, 7) is 1.96. The first-order valence-electron chi connectivity index (χ1n) is 17.8. The van der Waals surface area contributed by atoms with Crippen LogP contribution in [0.25, 0.3) is 0 Å². The number of piperidine rings is 1. The number of carbonyl (C=O) groups is 1. The molecule has 49 heavy (non-hydrogen) atoms. The molecule has 2 aliphatic carbocycles. The Balaban J connectivity index is 1.45. The van der Waals surface area contributed by atoms with E-state index in [2.05, 4.69) is 10.6 Å². The van der Waals surface area contributed by atoms with Crippen LogP contribution in [-0.4, -0.2) is 29.2 Å². The third kappa shape index (κ3) is 8.27. The predicted molar refractivity (Wildman–Crippen MR) is 179 cm³/mol. The topological polar surface area (TPSA) is 69.9 Å². The molecule has 2 saturated carbocycles. The average molecular weight is 683 g/mol. The number of hydrogen-bond acceptors (Lipinski definition) is 3. The van der Waals surface area contributed by atoms with Crippen LogP contribution in [0.15, 0.2) is 54.7 Å². The number of halogens is 5. The van der Waals surface area contributed by atoms with Crippen LogP contribution in [0.2, 0.25) is 0 Å². The lowest BCUT2D eigenvalue weighted by atomic mass is 9.59. The van der Waals surface area contributed by atoms with E-state index in [1.807, 2.05) is 0 Å². The van der Waals surface area contributed by atoms with Crippen LogP contribution in [0.4, 0.5) is 22.0 Å². The maximum absolute atomic E-state index is 15.0. The highest BCUT2D eigenvalue weighted by molar-refractivity contribution is 5.95. The second-order valence-corrected chi connectivity index (χ2v) is 14.7. The fraction of sp³-hybridized carbons (Fsp3) is 0.538. The van der Waals surface area contributed by atoms with Gasteiger partial charge in [-0.3, -0.25) is 10.2 Å². The largest absolute Gasteiger partial charge is 0.404 e. The molecule has 2 aromatic carbocycles. The molecule has 1 spiro atoms. The molecule has 6 rings (SSSR count). The van der Waals surface area contributed by atoms with E-state index in [9.17, 15) is 13.6 Å². The fourth-order valence-electron chi connectivity index (χ4n) is 8.43. The Morgan fingerprint density at radius 2 is 1.65 bits per heavy atom. The molecule has 5 nitrogen and oxygen atoms in total. The van der Waals surface area contributed by atoms with Gasteiger partial charge in [-0.05, 0) is 109 Å². The summed E-state index contributed by atoms with van der Waals surface area (Å²) in [5.74, 6) is -2.06. The molecular formula is C39H47F5N4O. The maximum atomic E-state index is 15.0. The molecule has 3 aliphatic rings. The first-order valence-corrected chi connectivity index (χ1v) is 17.8. The van der Waals surface area contributed by atoms with Crippen LogP contribution in [0.5, 0.6) is 0 Å². The van der Waals surface area contributed by atoms with E-state index in [4.69, 9.17) is 5.41 Å². The van der Waals surface area contributed by atoms with Gasteiger partial charge >= 0.3 is 6.18 Å². The molecule has 3 aromatic rings. The van der Waals surface area contributed by atoms with Crippen LogP contribution < -0.4 is 16.1 Å². The van der Waals surface area contributed by atoms with Crippen molar-refractivity contribution in [3.63, 3.8) is 0 Å². The molecule has 3 atom stereocenters. The molecule has 10 heteroatoms. The van der Waals surface area contributed by atoms with Gasteiger partial charge in [-0.1, -0.05) is 63.1 Å². The highest BCUT2D eigenvalue weighted by Gasteiger charge is 2.55. The van der Waals surface area contributed by atoms with Gasteiger partial charge in [0.25, 0.3) is 5.91 Å². The fourth-order valence-corrected chi connectivity index (χ4v) is 8.43. The standard InChI is InChI=1S/C39H47F5N4O/c1-25-19-28(11-13-32(25)41)35(27-9-10-27)47-37(49)30-21-26(23-48-24-31(40)12-14-33(48)45)20-29(22-30)34-36(39(42,43)44)46-18-17-38(34)15-7-5-3-2-4-6-8-16-38/h11-14,19-22,24,27,34-36,45-46H,2-10,15-18,23H2,1H3,(H,47,49)/t34?,35-,36?/m0/s1. The molecule has 3 N–H and O–H groups in total. The van der Waals surface area contributed by atoms with Gasteiger partial charge in [0.2, 0.25) is 0 Å². The molecule has 0 bridgehead atoms. The molecular weight excluding hydrogens is 635 g/mol. The normalized spacial score (nSPS) is 22.4. The van der Waals surface area contributed by atoms with E-state index < -0.39 is 35.3 Å². The number of amides is 1. The third-order valence-electron chi connectivity index (χ3n) is 11.1. The lowest BCUT2D eigenvalue weighted by Gasteiger charge is -2.50. The number of hydrogen-bond donors (Lipinski definition) is 3. The molecule has 3 fully saturated rings. The molecule has 264 valence electrons. The highest BCUT2D eigenvalue weighted by atomic mass is 19.4. The van der Waals surface area contributed by atoms with E-state index >= 15 is 13.2 Å². The molecule has 2 unspecified atom stereocenters. The summed E-state index contributed by atoms with van der Waals surface area (Å²) < 4.78 is 74.9. The van der Waals surface area contributed by atoms with Crippen molar-refractivity contribution in [1.82, 2.24) is 15.2 Å². The van der Waals surface area contributed by atoms with Gasteiger partial charge in [0, 0.05) is 24.2 Å². The number of carbonyl (C=O) groups excluding carboxylic acids is 1. The molecule has 1 aliphatic heterocycles. The van der Waals surface area contributed by atoms with Crippen molar-refractivity contribution >= 4 is 5.91 Å². The predicted octanol–water partition coefficient (Wildman–Crippen LogP) is 9.00. The number of rotatable bonds is 7. The zero-order valence-corrected chi connectivity index (χ0v) is 28.2. The summed E-state index contributed by atoms with van der Waals surface area (Å²) in [5, 5.41) is 14.3. The quantitative estimate of drug-likeness (QED) is 0.218. The lowest BCUT2D eigenvalue weighted by Crippen LogP contribution is -2.57. The number of alkyl halides is 3. The van der Waals surface area contributed by atoms with Crippen molar-refractivity contribution in [3.8, 4) is 0 Å². The van der Waals surface area contributed by atoms with E-state index in [-0.39, 0.29) is 41.9 Å². The number of aromatic nitrogens is 1. The highest BCUT2D eigenvalue weighted by Crippen LogP contribution is 2.54. The molecule has 1 aromatic heterocycles. The summed E-state index contributed by atoms with van der Waals surface area (Å²) in [6, 6.07) is 10.2. The van der Waals surface area contributed by atoms with Crippen molar-refractivity contribution in [1.29, 1.82) is 5.41 Å². The van der Waals surface area contributed by atoms with Crippen molar-refractivity contribution < 1.29 is 26.7 Å². The van der Waals surface area contributed by atoms with E-state index in [0.717, 1.165) is 63.4 Å². The SMILES string of the molecule is Cc1cc([C@@H](NC(=O)c2cc(Cn3cc(F)ccc3=N)cc(C3C(C(F)(F)F)NCCC34CCCCCCCCC4)c2)C2CC2)ccc1F. The zero-order chi connectivity index (χ0) is 34.8. The van der Waals surface area contributed by atoms with Crippen LogP contribution in [0.1, 0.15) is 122 Å². The Morgan fingerprint density at radius 3 is 2.31 bits per heavy atom. The van der Waals surface area contributed by atoms with E-state index in [0.29, 0.717) is 36.0 Å². The van der Waals surface area contributed by atoms with Gasteiger partial charge < -0.3 is 15.2 Å². The molecule has 0 radical (unpaired) electrons. The van der Waals surface area contributed by atoms with Crippen LogP contribution in [-0.2, 0) is 6.54 Å². The number of benzene rings is 2. The van der Waals surface area contributed by atoms with Crippen molar-refractivity contribution in [2.75, 3.05) is 6.54 Å². The minimum absolute atomic E-state index is 0.0117. The van der Waals surface area contributed by atoms with Crippen LogP contribution >= 0.6 is 0 Å². The number of nitrogens with one attached hydrogen (secondary N) is 3. The summed E-state index contributed by atoms with van der Waals surface area (Å²) in [4.78, 5) is 14.2. The Morgan fingerprint density at radius 1 is 0.959 bits per heavy atom. The second-order valence-electron chi connectivity index (χ2n) is 14.7. The molecule has 2 heterocycles. The summed E-state index contributed by atoms with van der Waals surface area (Å²) in [6.07, 6.45) is 7.45. The Hall–Kier alpha value is -3.53. The molecule has 1 saturated heterocycles. The summed E-state index contributed by atoms with van der Waals surface area (Å²) >= 11 is 0. The smallest absolute Gasteiger partial charge is 0.345 e. The monoisotopic (exact) mass is 682 g/mol. The minimum Gasteiger partial charge on any atom is -0.345 e. The molecule has 1 amide bonds. The second kappa shape index (κ2) is 14.8. The number of nitrogens with zero attached hydrogens (tertiary/aromatic N) is 1. The van der Waals surface area contributed by atoms with Gasteiger partial charge in [-0.15, -0.1) is 0 Å². The Bertz CT molecular complexity index is 1690. The minimum atomic E-state index is -4.52. The summed E-state index contributed by atoms with van der Waals surface area (Å²) in [7, 11) is 0. The lowest BCUT2D eigenvalue weighted by molar-refractivity contribution is -0.177. The number of pyridine rings is 1. The average Bonchev–Trinajstić information content (AvgIpc) is 3.91. The third-order valence-corrected chi connectivity index (χ3v) is 11.1. The first kappa shape index (κ1) is 35.3. The van der Waals surface area contributed by atoms with Crippen LogP contribution in [0, 0.1) is 35.3 Å². The summed E-state index contributed by atoms with van der Waals surface area (Å²) in [5.41, 5.74) is 1.88. The first-order chi connectivity index (χ1) is 23.4. The van der Waals surface area contributed by atoms with Crippen molar-refractivity contribution in [2.45, 2.75) is 115 Å².